The fourth-order valence-electron chi connectivity index (χ4n) is 2.51. The van der Waals surface area contributed by atoms with Gasteiger partial charge in [0.2, 0.25) is 0 Å². The van der Waals surface area contributed by atoms with E-state index < -0.39 is 0 Å². The number of nitrogens with zero attached hydrogens (tertiary/aromatic N) is 3. The van der Waals surface area contributed by atoms with Crippen LogP contribution < -0.4 is 10.6 Å². The summed E-state index contributed by atoms with van der Waals surface area (Å²) in [4.78, 5) is 12.9. The summed E-state index contributed by atoms with van der Waals surface area (Å²) in [5.74, 6) is 0.866. The number of aromatic nitrogens is 1. The van der Waals surface area contributed by atoms with Crippen molar-refractivity contribution in [1.29, 1.82) is 0 Å². The second kappa shape index (κ2) is 9.88. The van der Waals surface area contributed by atoms with Crippen LogP contribution in [0.25, 0.3) is 0 Å². The minimum atomic E-state index is 0.553. The van der Waals surface area contributed by atoms with Gasteiger partial charge in [0.05, 0.1) is 12.2 Å². The Morgan fingerprint density at radius 1 is 1.17 bits per heavy atom. The van der Waals surface area contributed by atoms with Crippen molar-refractivity contribution < 1.29 is 0 Å². The van der Waals surface area contributed by atoms with Gasteiger partial charge in [-0.25, -0.2) is 9.98 Å². The van der Waals surface area contributed by atoms with E-state index in [4.69, 9.17) is 0 Å². The van der Waals surface area contributed by atoms with Gasteiger partial charge in [0.1, 0.15) is 5.01 Å². The molecule has 2 N–H and O–H groups in total. The summed E-state index contributed by atoms with van der Waals surface area (Å²) in [5.41, 5.74) is 1.11. The first kappa shape index (κ1) is 19.9. The molecule has 132 valence electrons. The molecule has 1 aromatic heterocycles. The zero-order chi connectivity index (χ0) is 17.4. The summed E-state index contributed by atoms with van der Waals surface area (Å²) in [6, 6.07) is 1.11. The summed E-state index contributed by atoms with van der Waals surface area (Å²) in [7, 11) is 0. The summed E-state index contributed by atoms with van der Waals surface area (Å²) < 4.78 is 0. The van der Waals surface area contributed by atoms with Crippen LogP contribution in [0.2, 0.25) is 0 Å². The normalized spacial score (nSPS) is 12.5. The monoisotopic (exact) mass is 339 g/mol. The Balaban J connectivity index is 2.55. The van der Waals surface area contributed by atoms with Crippen LogP contribution in [0.5, 0.6) is 0 Å². The van der Waals surface area contributed by atoms with Crippen molar-refractivity contribution in [3.05, 3.63) is 15.6 Å². The lowest BCUT2D eigenvalue weighted by Gasteiger charge is -2.30. The number of aliphatic imine (C=N–C) groups is 1. The van der Waals surface area contributed by atoms with Gasteiger partial charge in [-0.3, -0.25) is 4.90 Å². The highest BCUT2D eigenvalue weighted by molar-refractivity contribution is 7.11. The van der Waals surface area contributed by atoms with E-state index in [9.17, 15) is 0 Å². The molecule has 23 heavy (non-hydrogen) atoms. The molecule has 1 rings (SSSR count). The van der Waals surface area contributed by atoms with Gasteiger partial charge in [0.25, 0.3) is 0 Å². The van der Waals surface area contributed by atoms with Crippen molar-refractivity contribution >= 4 is 17.3 Å². The smallest absolute Gasteiger partial charge is 0.191 e. The summed E-state index contributed by atoms with van der Waals surface area (Å²) in [6.07, 6.45) is 0. The van der Waals surface area contributed by atoms with Crippen molar-refractivity contribution in [2.45, 2.75) is 67.1 Å². The Kier molecular flexibility index (Phi) is 8.55. The van der Waals surface area contributed by atoms with E-state index >= 15 is 0 Å². The molecule has 0 bridgehead atoms. The Morgan fingerprint density at radius 2 is 1.83 bits per heavy atom. The molecular formula is C17H33N5S. The predicted octanol–water partition coefficient (Wildman–Crippen LogP) is 2.93. The molecule has 0 fully saturated rings. The van der Waals surface area contributed by atoms with E-state index in [-0.39, 0.29) is 0 Å². The lowest BCUT2D eigenvalue weighted by molar-refractivity contribution is 0.178. The molecule has 6 heteroatoms. The number of rotatable bonds is 8. The minimum absolute atomic E-state index is 0.553. The van der Waals surface area contributed by atoms with Crippen molar-refractivity contribution in [2.24, 2.45) is 4.99 Å². The van der Waals surface area contributed by atoms with E-state index in [1.807, 2.05) is 0 Å². The highest BCUT2D eigenvalue weighted by Gasteiger charge is 2.12. The molecule has 5 nitrogen and oxygen atoms in total. The Labute approximate surface area is 145 Å². The van der Waals surface area contributed by atoms with Gasteiger partial charge in [0.15, 0.2) is 5.96 Å². The third-order valence-corrected chi connectivity index (χ3v) is 4.84. The molecule has 1 heterocycles. The lowest BCUT2D eigenvalue weighted by Crippen LogP contribution is -2.45. The molecule has 1 aromatic rings. The van der Waals surface area contributed by atoms with Gasteiger partial charge in [-0.05, 0) is 48.5 Å². The van der Waals surface area contributed by atoms with E-state index in [1.54, 1.807) is 11.3 Å². The second-order valence-electron chi connectivity index (χ2n) is 6.30. The van der Waals surface area contributed by atoms with Crippen LogP contribution in [0.4, 0.5) is 0 Å². The molecule has 0 spiro atoms. The van der Waals surface area contributed by atoms with Crippen molar-refractivity contribution in [3.63, 3.8) is 0 Å². The first-order chi connectivity index (χ1) is 10.8. The van der Waals surface area contributed by atoms with Crippen LogP contribution in [-0.4, -0.2) is 47.6 Å². The molecule has 0 amide bonds. The SMILES string of the molecule is CCNC(=NCc1nc(C)c(C)s1)NCCN(C(C)C)C(C)C. The van der Waals surface area contributed by atoms with E-state index in [2.05, 4.69) is 74.0 Å². The molecule has 0 aromatic carbocycles. The Hall–Kier alpha value is -1.14. The molecule has 0 unspecified atom stereocenters. The van der Waals surface area contributed by atoms with Gasteiger partial charge >= 0.3 is 0 Å². The van der Waals surface area contributed by atoms with Gasteiger partial charge in [-0.15, -0.1) is 11.3 Å². The van der Waals surface area contributed by atoms with Crippen LogP contribution in [-0.2, 0) is 6.54 Å². The maximum atomic E-state index is 4.65. The highest BCUT2D eigenvalue weighted by atomic mass is 32.1. The number of hydrogen-bond acceptors (Lipinski definition) is 4. The first-order valence-electron chi connectivity index (χ1n) is 8.56. The molecule has 0 saturated carbocycles. The van der Waals surface area contributed by atoms with Gasteiger partial charge < -0.3 is 10.6 Å². The first-order valence-corrected chi connectivity index (χ1v) is 9.37. The van der Waals surface area contributed by atoms with Gasteiger partial charge in [-0.1, -0.05) is 0 Å². The molecule has 0 aliphatic heterocycles. The zero-order valence-electron chi connectivity index (χ0n) is 15.7. The minimum Gasteiger partial charge on any atom is -0.357 e. The number of hydrogen-bond donors (Lipinski definition) is 2. The number of guanidine groups is 1. The Bertz CT molecular complexity index is 466. The van der Waals surface area contributed by atoms with Crippen molar-refractivity contribution in [3.8, 4) is 0 Å². The summed E-state index contributed by atoms with van der Waals surface area (Å²) in [6.45, 7) is 18.6. The second-order valence-corrected chi connectivity index (χ2v) is 7.58. The fourth-order valence-corrected chi connectivity index (χ4v) is 3.37. The third-order valence-electron chi connectivity index (χ3n) is 3.78. The van der Waals surface area contributed by atoms with Crippen LogP contribution in [0.3, 0.4) is 0 Å². The zero-order valence-corrected chi connectivity index (χ0v) is 16.5. The molecule has 0 aliphatic carbocycles. The number of thiazole rings is 1. The molecular weight excluding hydrogens is 306 g/mol. The number of nitrogens with one attached hydrogen (secondary N) is 2. The van der Waals surface area contributed by atoms with Crippen LogP contribution in [0.1, 0.15) is 50.2 Å². The molecule has 0 radical (unpaired) electrons. The average Bonchev–Trinajstić information content (AvgIpc) is 2.78. The molecule has 0 atom stereocenters. The largest absolute Gasteiger partial charge is 0.357 e. The lowest BCUT2D eigenvalue weighted by atomic mass is 10.2. The van der Waals surface area contributed by atoms with Crippen molar-refractivity contribution in [2.75, 3.05) is 19.6 Å². The standard InChI is InChI=1S/C17H33N5S/c1-8-18-17(19-9-10-22(12(2)3)13(4)5)20-11-16-21-14(6)15(7)23-16/h12-13H,8-11H2,1-7H3,(H2,18,19,20). The van der Waals surface area contributed by atoms with Crippen LogP contribution in [0, 0.1) is 13.8 Å². The Morgan fingerprint density at radius 3 is 2.30 bits per heavy atom. The fraction of sp³-hybridized carbons (Fsp3) is 0.765. The number of aryl methyl sites for hydroxylation is 2. The molecule has 0 aliphatic rings. The van der Waals surface area contributed by atoms with E-state index in [1.165, 1.54) is 4.88 Å². The molecule has 0 saturated heterocycles. The van der Waals surface area contributed by atoms with E-state index in [0.29, 0.717) is 18.6 Å². The quantitative estimate of drug-likeness (QED) is 0.565. The summed E-state index contributed by atoms with van der Waals surface area (Å²) in [5, 5.41) is 7.80. The predicted molar refractivity (Wildman–Crippen MR) is 101 cm³/mol. The third kappa shape index (κ3) is 6.87. The van der Waals surface area contributed by atoms with Gasteiger partial charge in [-0.2, -0.15) is 0 Å². The summed E-state index contributed by atoms with van der Waals surface area (Å²) >= 11 is 1.73. The topological polar surface area (TPSA) is 52.6 Å². The average molecular weight is 340 g/mol. The maximum absolute atomic E-state index is 4.65. The van der Waals surface area contributed by atoms with Crippen LogP contribution in [0.15, 0.2) is 4.99 Å². The highest BCUT2D eigenvalue weighted by Crippen LogP contribution is 2.16. The van der Waals surface area contributed by atoms with Crippen LogP contribution >= 0.6 is 11.3 Å². The maximum Gasteiger partial charge on any atom is 0.191 e. The van der Waals surface area contributed by atoms with E-state index in [0.717, 1.165) is 36.3 Å². The van der Waals surface area contributed by atoms with Gasteiger partial charge in [0, 0.05) is 36.6 Å². The van der Waals surface area contributed by atoms with Crippen molar-refractivity contribution in [1.82, 2.24) is 20.5 Å².